The van der Waals surface area contributed by atoms with E-state index in [1.807, 2.05) is 19.2 Å². The second-order valence-electron chi connectivity index (χ2n) is 2.77. The van der Waals surface area contributed by atoms with Crippen molar-refractivity contribution in [3.63, 3.8) is 0 Å². The Morgan fingerprint density at radius 3 is 2.75 bits per heavy atom. The van der Waals surface area contributed by atoms with Crippen molar-refractivity contribution in [3.8, 4) is 0 Å². The fraction of sp³-hybridized carbons (Fsp3) is 0.400. The van der Waals surface area contributed by atoms with E-state index in [9.17, 15) is 0 Å². The van der Waals surface area contributed by atoms with E-state index in [4.69, 9.17) is 11.6 Å². The molecular formula is C10H14ClN. The largest absolute Gasteiger partial charge is 0.387 e. The molecule has 1 aromatic carbocycles. The summed E-state index contributed by atoms with van der Waals surface area (Å²) in [5, 5.41) is 3.93. The Labute approximate surface area is 78.7 Å². The van der Waals surface area contributed by atoms with Gasteiger partial charge in [-0.2, -0.15) is 0 Å². The zero-order valence-corrected chi connectivity index (χ0v) is 8.28. The zero-order chi connectivity index (χ0) is 8.97. The third-order valence-corrected chi connectivity index (χ3v) is 2.18. The molecule has 0 bridgehead atoms. The van der Waals surface area contributed by atoms with Crippen LogP contribution in [0.15, 0.2) is 18.2 Å². The first-order valence-electron chi connectivity index (χ1n) is 4.24. The van der Waals surface area contributed by atoms with E-state index in [2.05, 4.69) is 18.3 Å². The lowest BCUT2D eigenvalue weighted by Gasteiger charge is -2.09. The highest BCUT2D eigenvalue weighted by Crippen LogP contribution is 2.26. The van der Waals surface area contributed by atoms with Gasteiger partial charge in [0.05, 0.1) is 10.7 Å². The van der Waals surface area contributed by atoms with Crippen LogP contribution in [-0.4, -0.2) is 7.05 Å². The van der Waals surface area contributed by atoms with E-state index in [0.29, 0.717) is 0 Å². The van der Waals surface area contributed by atoms with Crippen LogP contribution in [0.4, 0.5) is 5.69 Å². The second kappa shape index (κ2) is 4.36. The van der Waals surface area contributed by atoms with Crippen molar-refractivity contribution in [1.82, 2.24) is 0 Å². The predicted molar refractivity (Wildman–Crippen MR) is 55.0 cm³/mol. The van der Waals surface area contributed by atoms with Crippen molar-refractivity contribution in [3.05, 3.63) is 28.8 Å². The summed E-state index contributed by atoms with van der Waals surface area (Å²) in [6.45, 7) is 2.17. The third kappa shape index (κ3) is 1.92. The second-order valence-corrected chi connectivity index (χ2v) is 3.18. The van der Waals surface area contributed by atoms with Gasteiger partial charge in [0, 0.05) is 7.05 Å². The van der Waals surface area contributed by atoms with Gasteiger partial charge in [0.1, 0.15) is 0 Å². The van der Waals surface area contributed by atoms with Crippen LogP contribution in [0.5, 0.6) is 0 Å². The molecule has 1 rings (SSSR count). The molecule has 1 N–H and O–H groups in total. The summed E-state index contributed by atoms with van der Waals surface area (Å²) in [5.41, 5.74) is 2.37. The summed E-state index contributed by atoms with van der Waals surface area (Å²) < 4.78 is 0. The van der Waals surface area contributed by atoms with Crippen molar-refractivity contribution >= 4 is 17.3 Å². The standard InChI is InChI=1S/C10H14ClN/c1-3-5-8-6-4-7-9(11)10(8)12-2/h4,6-7,12H,3,5H2,1-2H3. The highest BCUT2D eigenvalue weighted by atomic mass is 35.5. The van der Waals surface area contributed by atoms with E-state index < -0.39 is 0 Å². The number of rotatable bonds is 3. The third-order valence-electron chi connectivity index (χ3n) is 1.87. The fourth-order valence-electron chi connectivity index (χ4n) is 1.33. The lowest BCUT2D eigenvalue weighted by molar-refractivity contribution is 0.923. The summed E-state index contributed by atoms with van der Waals surface area (Å²) in [5.74, 6) is 0. The van der Waals surface area contributed by atoms with Gasteiger partial charge in [-0.05, 0) is 18.1 Å². The topological polar surface area (TPSA) is 12.0 Å². The Kier molecular flexibility index (Phi) is 3.42. The molecule has 0 aliphatic carbocycles. The van der Waals surface area contributed by atoms with E-state index in [1.165, 1.54) is 5.56 Å². The number of anilines is 1. The van der Waals surface area contributed by atoms with Gasteiger partial charge in [0.15, 0.2) is 0 Å². The van der Waals surface area contributed by atoms with E-state index in [0.717, 1.165) is 23.6 Å². The van der Waals surface area contributed by atoms with Gasteiger partial charge < -0.3 is 5.32 Å². The minimum absolute atomic E-state index is 0.809. The highest BCUT2D eigenvalue weighted by Gasteiger charge is 2.02. The Balaban J connectivity index is 3.00. The molecule has 1 nitrogen and oxygen atoms in total. The van der Waals surface area contributed by atoms with E-state index in [1.54, 1.807) is 0 Å². The average Bonchev–Trinajstić information content (AvgIpc) is 2.05. The van der Waals surface area contributed by atoms with Crippen LogP contribution < -0.4 is 5.32 Å². The van der Waals surface area contributed by atoms with Crippen molar-refractivity contribution in [2.24, 2.45) is 0 Å². The van der Waals surface area contributed by atoms with Gasteiger partial charge in [-0.25, -0.2) is 0 Å². The Bertz CT molecular complexity index is 258. The van der Waals surface area contributed by atoms with Crippen LogP contribution in [0.3, 0.4) is 0 Å². The van der Waals surface area contributed by atoms with Crippen LogP contribution >= 0.6 is 11.6 Å². The fourth-order valence-corrected chi connectivity index (χ4v) is 1.62. The molecule has 1 aromatic rings. The Hall–Kier alpha value is -0.690. The molecule has 0 unspecified atom stereocenters. The first-order valence-corrected chi connectivity index (χ1v) is 4.62. The highest BCUT2D eigenvalue weighted by molar-refractivity contribution is 6.33. The van der Waals surface area contributed by atoms with Crippen LogP contribution in [0.1, 0.15) is 18.9 Å². The van der Waals surface area contributed by atoms with Gasteiger partial charge in [-0.1, -0.05) is 37.1 Å². The minimum Gasteiger partial charge on any atom is -0.387 e. The van der Waals surface area contributed by atoms with Crippen molar-refractivity contribution in [2.75, 3.05) is 12.4 Å². The maximum atomic E-state index is 6.00. The molecule has 12 heavy (non-hydrogen) atoms. The molecule has 66 valence electrons. The molecule has 0 atom stereocenters. The molecule has 0 aliphatic rings. The summed E-state index contributed by atoms with van der Waals surface area (Å²) in [6, 6.07) is 6.02. The number of aryl methyl sites for hydroxylation is 1. The van der Waals surface area contributed by atoms with Gasteiger partial charge in [-0.15, -0.1) is 0 Å². The minimum atomic E-state index is 0.809. The smallest absolute Gasteiger partial charge is 0.0640 e. The molecule has 2 heteroatoms. The summed E-state index contributed by atoms with van der Waals surface area (Å²) in [6.07, 6.45) is 2.23. The molecule has 0 saturated heterocycles. The van der Waals surface area contributed by atoms with Gasteiger partial charge in [-0.3, -0.25) is 0 Å². The molecule has 0 amide bonds. The molecular weight excluding hydrogens is 170 g/mol. The summed E-state index contributed by atoms with van der Waals surface area (Å²) in [4.78, 5) is 0. The molecule has 0 fully saturated rings. The Morgan fingerprint density at radius 2 is 2.17 bits per heavy atom. The number of benzene rings is 1. The van der Waals surface area contributed by atoms with Crippen LogP contribution in [-0.2, 0) is 6.42 Å². The molecule has 0 aromatic heterocycles. The molecule has 0 spiro atoms. The van der Waals surface area contributed by atoms with Gasteiger partial charge in [0.2, 0.25) is 0 Å². The normalized spacial score (nSPS) is 9.92. The summed E-state index contributed by atoms with van der Waals surface area (Å²) in [7, 11) is 1.90. The molecule has 0 radical (unpaired) electrons. The van der Waals surface area contributed by atoms with Crippen molar-refractivity contribution in [2.45, 2.75) is 19.8 Å². The number of para-hydroxylation sites is 1. The monoisotopic (exact) mass is 183 g/mol. The number of nitrogens with one attached hydrogen (secondary N) is 1. The van der Waals surface area contributed by atoms with Crippen molar-refractivity contribution in [1.29, 1.82) is 0 Å². The summed E-state index contributed by atoms with van der Waals surface area (Å²) >= 11 is 6.00. The van der Waals surface area contributed by atoms with Gasteiger partial charge in [0.25, 0.3) is 0 Å². The van der Waals surface area contributed by atoms with Crippen LogP contribution in [0.25, 0.3) is 0 Å². The number of hydrogen-bond acceptors (Lipinski definition) is 1. The first-order chi connectivity index (χ1) is 5.79. The van der Waals surface area contributed by atoms with E-state index >= 15 is 0 Å². The average molecular weight is 184 g/mol. The zero-order valence-electron chi connectivity index (χ0n) is 7.52. The van der Waals surface area contributed by atoms with E-state index in [-0.39, 0.29) is 0 Å². The maximum absolute atomic E-state index is 6.00. The van der Waals surface area contributed by atoms with Crippen LogP contribution in [0, 0.1) is 0 Å². The van der Waals surface area contributed by atoms with Crippen molar-refractivity contribution < 1.29 is 0 Å². The molecule has 0 aliphatic heterocycles. The molecule has 0 saturated carbocycles. The van der Waals surface area contributed by atoms with Gasteiger partial charge >= 0.3 is 0 Å². The quantitative estimate of drug-likeness (QED) is 0.758. The number of halogens is 1. The predicted octanol–water partition coefficient (Wildman–Crippen LogP) is 3.33. The number of hydrogen-bond donors (Lipinski definition) is 1. The Morgan fingerprint density at radius 1 is 1.42 bits per heavy atom. The SMILES string of the molecule is CCCc1cccc(Cl)c1NC. The lowest BCUT2D eigenvalue weighted by Crippen LogP contribution is -1.95. The first kappa shape index (κ1) is 9.40. The van der Waals surface area contributed by atoms with Crippen LogP contribution in [0.2, 0.25) is 5.02 Å². The maximum Gasteiger partial charge on any atom is 0.0640 e. The lowest BCUT2D eigenvalue weighted by atomic mass is 10.1. The molecule has 0 heterocycles.